The van der Waals surface area contributed by atoms with Crippen LogP contribution in [0.1, 0.15) is 15.9 Å². The number of carbonyl (C=O) groups is 1. The number of hydrogen-bond donors (Lipinski definition) is 0. The van der Waals surface area contributed by atoms with Gasteiger partial charge < -0.3 is 18.9 Å². The fourth-order valence-electron chi connectivity index (χ4n) is 2.45. The molecule has 0 bridgehead atoms. The van der Waals surface area contributed by atoms with E-state index in [4.69, 9.17) is 18.9 Å². The third kappa shape index (κ3) is 2.78. The molecule has 0 N–H and O–H groups in total. The van der Waals surface area contributed by atoms with Gasteiger partial charge in [0.1, 0.15) is 5.82 Å². The SMILES string of the molecule is COc1c(/C=C/C(=O)c2ccccc2F)cc2c(c1OC)OCO2. The van der Waals surface area contributed by atoms with Crippen molar-refractivity contribution in [3.05, 3.63) is 53.4 Å². The van der Waals surface area contributed by atoms with Gasteiger partial charge in [-0.25, -0.2) is 4.39 Å². The molecule has 5 nitrogen and oxygen atoms in total. The number of allylic oxidation sites excluding steroid dienone is 1. The van der Waals surface area contributed by atoms with E-state index in [0.29, 0.717) is 28.6 Å². The average molecular weight is 330 g/mol. The first-order chi connectivity index (χ1) is 11.7. The minimum Gasteiger partial charge on any atom is -0.492 e. The van der Waals surface area contributed by atoms with Gasteiger partial charge in [-0.3, -0.25) is 4.79 Å². The summed E-state index contributed by atoms with van der Waals surface area (Å²) >= 11 is 0. The lowest BCUT2D eigenvalue weighted by atomic mass is 10.1. The molecule has 0 saturated heterocycles. The summed E-state index contributed by atoms with van der Waals surface area (Å²) in [5.41, 5.74) is 0.559. The van der Waals surface area contributed by atoms with Gasteiger partial charge in [0.05, 0.1) is 19.8 Å². The van der Waals surface area contributed by atoms with E-state index in [1.807, 2.05) is 0 Å². The summed E-state index contributed by atoms with van der Waals surface area (Å²) in [7, 11) is 2.97. The Balaban J connectivity index is 1.98. The topological polar surface area (TPSA) is 54.0 Å². The number of carbonyl (C=O) groups excluding carboxylic acids is 1. The number of fused-ring (bicyclic) bond motifs is 1. The predicted molar refractivity (Wildman–Crippen MR) is 85.4 cm³/mol. The average Bonchev–Trinajstić information content (AvgIpc) is 3.06. The second kappa shape index (κ2) is 6.62. The Morgan fingerprint density at radius 2 is 1.92 bits per heavy atom. The molecule has 0 fully saturated rings. The standard InChI is InChI=1S/C18H15FO5/c1-21-16-11(9-15-17(18(16)22-2)24-10-23-15)7-8-14(20)12-5-3-4-6-13(12)19/h3-9H,10H2,1-2H3/b8-7+. The van der Waals surface area contributed by atoms with E-state index in [-0.39, 0.29) is 12.4 Å². The van der Waals surface area contributed by atoms with E-state index in [1.165, 1.54) is 44.6 Å². The van der Waals surface area contributed by atoms with Crippen LogP contribution in [0.15, 0.2) is 36.4 Å². The largest absolute Gasteiger partial charge is 0.492 e. The molecular formula is C18H15FO5. The van der Waals surface area contributed by atoms with Crippen LogP contribution < -0.4 is 18.9 Å². The van der Waals surface area contributed by atoms with Crippen LogP contribution in [-0.2, 0) is 0 Å². The molecule has 0 radical (unpaired) electrons. The summed E-state index contributed by atoms with van der Waals surface area (Å²) in [5.74, 6) is 0.705. The molecule has 0 aliphatic carbocycles. The molecule has 2 aromatic rings. The first-order valence-electron chi connectivity index (χ1n) is 7.17. The normalized spacial score (nSPS) is 12.5. The van der Waals surface area contributed by atoms with E-state index in [1.54, 1.807) is 12.1 Å². The monoisotopic (exact) mass is 330 g/mol. The summed E-state index contributed by atoms with van der Waals surface area (Å²) < 4.78 is 35.1. The minimum absolute atomic E-state index is 0.000394. The van der Waals surface area contributed by atoms with E-state index in [0.717, 1.165) is 0 Å². The van der Waals surface area contributed by atoms with Crippen molar-refractivity contribution in [1.82, 2.24) is 0 Å². The second-order valence-electron chi connectivity index (χ2n) is 4.94. The fraction of sp³-hybridized carbons (Fsp3) is 0.167. The highest BCUT2D eigenvalue weighted by molar-refractivity contribution is 6.07. The number of methoxy groups -OCH3 is 2. The molecule has 1 heterocycles. The number of hydrogen-bond acceptors (Lipinski definition) is 5. The highest BCUT2D eigenvalue weighted by Gasteiger charge is 2.25. The van der Waals surface area contributed by atoms with Crippen molar-refractivity contribution >= 4 is 11.9 Å². The fourth-order valence-corrected chi connectivity index (χ4v) is 2.45. The summed E-state index contributed by atoms with van der Waals surface area (Å²) in [6, 6.07) is 7.48. The summed E-state index contributed by atoms with van der Waals surface area (Å²) in [4.78, 5) is 12.2. The molecule has 24 heavy (non-hydrogen) atoms. The Morgan fingerprint density at radius 3 is 2.62 bits per heavy atom. The van der Waals surface area contributed by atoms with Crippen LogP contribution in [0, 0.1) is 5.82 Å². The maximum Gasteiger partial charge on any atom is 0.231 e. The zero-order chi connectivity index (χ0) is 17.1. The molecule has 1 aliphatic heterocycles. The summed E-state index contributed by atoms with van der Waals surface area (Å²) in [5, 5.41) is 0. The maximum atomic E-state index is 13.7. The smallest absolute Gasteiger partial charge is 0.231 e. The van der Waals surface area contributed by atoms with Gasteiger partial charge in [0.15, 0.2) is 17.3 Å². The Labute approximate surface area is 138 Å². The number of benzene rings is 2. The minimum atomic E-state index is -0.567. The van der Waals surface area contributed by atoms with Crippen molar-refractivity contribution in [2.75, 3.05) is 21.0 Å². The van der Waals surface area contributed by atoms with Crippen molar-refractivity contribution in [3.63, 3.8) is 0 Å². The van der Waals surface area contributed by atoms with Gasteiger partial charge in [0.2, 0.25) is 18.3 Å². The lowest BCUT2D eigenvalue weighted by molar-refractivity contribution is 0.104. The van der Waals surface area contributed by atoms with Gasteiger partial charge in [0, 0.05) is 5.56 Å². The van der Waals surface area contributed by atoms with Crippen LogP contribution in [-0.4, -0.2) is 26.8 Å². The van der Waals surface area contributed by atoms with Crippen molar-refractivity contribution in [1.29, 1.82) is 0 Å². The molecule has 3 rings (SSSR count). The molecule has 124 valence electrons. The van der Waals surface area contributed by atoms with Crippen molar-refractivity contribution in [2.45, 2.75) is 0 Å². The third-order valence-electron chi connectivity index (χ3n) is 3.56. The molecule has 1 aliphatic rings. The third-order valence-corrected chi connectivity index (χ3v) is 3.56. The zero-order valence-corrected chi connectivity index (χ0v) is 13.2. The molecule has 0 aromatic heterocycles. The van der Waals surface area contributed by atoms with Crippen LogP contribution in [0.5, 0.6) is 23.0 Å². The maximum absolute atomic E-state index is 13.7. The van der Waals surface area contributed by atoms with Crippen molar-refractivity contribution in [3.8, 4) is 23.0 Å². The first kappa shape index (κ1) is 15.9. The van der Waals surface area contributed by atoms with Crippen LogP contribution >= 0.6 is 0 Å². The number of ether oxygens (including phenoxy) is 4. The molecular weight excluding hydrogens is 315 g/mol. The van der Waals surface area contributed by atoms with Gasteiger partial charge in [-0.15, -0.1) is 0 Å². The molecule has 0 unspecified atom stereocenters. The van der Waals surface area contributed by atoms with E-state index in [9.17, 15) is 9.18 Å². The first-order valence-corrected chi connectivity index (χ1v) is 7.17. The molecule has 6 heteroatoms. The number of rotatable bonds is 5. The highest BCUT2D eigenvalue weighted by Crippen LogP contribution is 2.49. The summed E-state index contributed by atoms with van der Waals surface area (Å²) in [6.07, 6.45) is 2.80. The molecule has 2 aromatic carbocycles. The Hall–Kier alpha value is -3.02. The molecule has 0 amide bonds. The zero-order valence-electron chi connectivity index (χ0n) is 13.2. The van der Waals surface area contributed by atoms with E-state index < -0.39 is 11.6 Å². The molecule has 0 spiro atoms. The lowest BCUT2D eigenvalue weighted by Gasteiger charge is -2.12. The molecule has 0 atom stereocenters. The van der Waals surface area contributed by atoms with Gasteiger partial charge in [-0.2, -0.15) is 0 Å². The summed E-state index contributed by atoms with van der Waals surface area (Å²) in [6.45, 7) is 0.0795. The van der Waals surface area contributed by atoms with Crippen LogP contribution in [0.3, 0.4) is 0 Å². The van der Waals surface area contributed by atoms with E-state index >= 15 is 0 Å². The van der Waals surface area contributed by atoms with Crippen molar-refractivity contribution in [2.24, 2.45) is 0 Å². The van der Waals surface area contributed by atoms with E-state index in [2.05, 4.69) is 0 Å². The van der Waals surface area contributed by atoms with Gasteiger partial charge in [-0.1, -0.05) is 12.1 Å². The number of halogens is 1. The van der Waals surface area contributed by atoms with Gasteiger partial charge in [-0.05, 0) is 30.4 Å². The van der Waals surface area contributed by atoms with Gasteiger partial charge >= 0.3 is 0 Å². The molecule has 0 saturated carbocycles. The van der Waals surface area contributed by atoms with Crippen LogP contribution in [0.2, 0.25) is 0 Å². The van der Waals surface area contributed by atoms with Crippen LogP contribution in [0.4, 0.5) is 4.39 Å². The predicted octanol–water partition coefficient (Wildman–Crippen LogP) is 3.47. The van der Waals surface area contributed by atoms with Crippen LogP contribution in [0.25, 0.3) is 6.08 Å². The van der Waals surface area contributed by atoms with Crippen molar-refractivity contribution < 1.29 is 28.1 Å². The Bertz CT molecular complexity index is 813. The quantitative estimate of drug-likeness (QED) is 0.621. The lowest BCUT2D eigenvalue weighted by Crippen LogP contribution is -1.98. The Kier molecular flexibility index (Phi) is 4.37. The highest BCUT2D eigenvalue weighted by atomic mass is 19.1. The second-order valence-corrected chi connectivity index (χ2v) is 4.94. The Morgan fingerprint density at radius 1 is 1.17 bits per heavy atom. The van der Waals surface area contributed by atoms with Gasteiger partial charge in [0.25, 0.3) is 0 Å². The number of ketones is 1.